The number of benzene rings is 7. The summed E-state index contributed by atoms with van der Waals surface area (Å²) in [6.07, 6.45) is 9.37. The molecule has 7 aromatic carbocycles. The molecule has 0 bridgehead atoms. The van der Waals surface area contributed by atoms with Crippen LogP contribution in [0, 0.1) is 0 Å². The van der Waals surface area contributed by atoms with Crippen molar-refractivity contribution in [2.45, 2.75) is 12.3 Å². The fourth-order valence-electron chi connectivity index (χ4n) is 8.46. The maximum Gasteiger partial charge on any atom is 0.164 e. The number of allylic oxidation sites excluding steroid dienone is 4. The van der Waals surface area contributed by atoms with E-state index >= 15 is 0 Å². The Balaban J connectivity index is 1.13. The number of fused-ring (bicyclic) bond motifs is 9. The van der Waals surface area contributed by atoms with Crippen LogP contribution in [0.2, 0.25) is 0 Å². The molecule has 1 aliphatic carbocycles. The average molecular weight is 766 g/mol. The summed E-state index contributed by atoms with van der Waals surface area (Å²) < 4.78 is 12.1. The number of rotatable bonds is 5. The van der Waals surface area contributed by atoms with Gasteiger partial charge in [-0.3, -0.25) is 0 Å². The Hall–Kier alpha value is -6.73. The first-order valence-electron chi connectivity index (χ1n) is 19.2. The number of hydrogen-bond donors (Lipinski definition) is 0. The molecule has 11 aromatic rings. The molecule has 1 atom stereocenters. The number of thiophene rings is 2. The molecule has 4 heterocycles. The van der Waals surface area contributed by atoms with E-state index in [1.807, 2.05) is 40.9 Å². The zero-order chi connectivity index (χ0) is 37.5. The van der Waals surface area contributed by atoms with Crippen molar-refractivity contribution in [3.05, 3.63) is 176 Å². The first-order chi connectivity index (χ1) is 28.2. The van der Waals surface area contributed by atoms with Gasteiger partial charge in [-0.15, -0.1) is 22.7 Å². The van der Waals surface area contributed by atoms with E-state index in [9.17, 15) is 0 Å². The predicted molar refractivity (Wildman–Crippen MR) is 240 cm³/mol. The highest BCUT2D eigenvalue weighted by Gasteiger charge is 2.23. The molecule has 0 saturated carbocycles. The van der Waals surface area contributed by atoms with Gasteiger partial charge in [-0.25, -0.2) is 15.0 Å². The van der Waals surface area contributed by atoms with Crippen molar-refractivity contribution in [1.82, 2.24) is 15.0 Å². The lowest BCUT2D eigenvalue weighted by Gasteiger charge is -2.14. The van der Waals surface area contributed by atoms with Gasteiger partial charge in [0.1, 0.15) is 17.0 Å². The molecule has 12 rings (SSSR count). The lowest BCUT2D eigenvalue weighted by atomic mass is 9.93. The van der Waals surface area contributed by atoms with Crippen molar-refractivity contribution in [1.29, 1.82) is 0 Å². The van der Waals surface area contributed by atoms with Crippen molar-refractivity contribution in [3.63, 3.8) is 0 Å². The minimum Gasteiger partial charge on any atom is -0.455 e. The van der Waals surface area contributed by atoms with Crippen LogP contribution >= 0.6 is 22.7 Å². The molecule has 0 radical (unpaired) electrons. The SMILES string of the molecule is C1=CCC(c2nc(-c3ccccc3)nc(-c3cccc4oc5c(-c6ccc7sc8ccccc8c7c6)cc(-c6ccc7sc8ccccc8c7c6)cc5c34)n2)C=C1. The molecule has 0 aliphatic heterocycles. The second kappa shape index (κ2) is 12.9. The Morgan fingerprint density at radius 3 is 1.89 bits per heavy atom. The summed E-state index contributed by atoms with van der Waals surface area (Å²) in [5, 5.41) is 7.12. The first-order valence-corrected chi connectivity index (χ1v) is 20.8. The highest BCUT2D eigenvalue weighted by molar-refractivity contribution is 7.26. The summed E-state index contributed by atoms with van der Waals surface area (Å²) in [5.41, 5.74) is 7.98. The van der Waals surface area contributed by atoms with Crippen LogP contribution < -0.4 is 0 Å². The van der Waals surface area contributed by atoms with Gasteiger partial charge in [0, 0.05) is 73.7 Å². The summed E-state index contributed by atoms with van der Waals surface area (Å²) in [5.74, 6) is 2.12. The zero-order valence-corrected chi connectivity index (χ0v) is 32.1. The van der Waals surface area contributed by atoms with E-state index in [0.717, 1.165) is 67.6 Å². The number of furan rings is 1. The second-order valence-corrected chi connectivity index (χ2v) is 16.8. The number of nitrogens with zero attached hydrogens (tertiary/aromatic N) is 3. The van der Waals surface area contributed by atoms with Crippen molar-refractivity contribution >= 4 is 85.0 Å². The summed E-state index contributed by atoms with van der Waals surface area (Å²) in [4.78, 5) is 15.4. The van der Waals surface area contributed by atoms with Gasteiger partial charge in [-0.2, -0.15) is 0 Å². The third-order valence-electron chi connectivity index (χ3n) is 11.2. The van der Waals surface area contributed by atoms with E-state index in [4.69, 9.17) is 19.4 Å². The smallest absolute Gasteiger partial charge is 0.164 e. The van der Waals surface area contributed by atoms with Crippen molar-refractivity contribution < 1.29 is 4.42 Å². The molecule has 4 aromatic heterocycles. The number of aromatic nitrogens is 3. The molecule has 57 heavy (non-hydrogen) atoms. The molecular weight excluding hydrogens is 735 g/mol. The summed E-state index contributed by atoms with van der Waals surface area (Å²) in [6, 6.07) is 52.2. The van der Waals surface area contributed by atoms with Gasteiger partial charge < -0.3 is 4.42 Å². The molecule has 0 N–H and O–H groups in total. The van der Waals surface area contributed by atoms with Gasteiger partial charge in [-0.1, -0.05) is 115 Å². The molecule has 0 amide bonds. The highest BCUT2D eigenvalue weighted by atomic mass is 32.1. The van der Waals surface area contributed by atoms with E-state index in [1.165, 1.54) is 40.3 Å². The van der Waals surface area contributed by atoms with Crippen LogP contribution in [0.1, 0.15) is 18.2 Å². The molecular formula is C51H31N3OS2. The van der Waals surface area contributed by atoms with Gasteiger partial charge in [0.25, 0.3) is 0 Å². The Labute approximate surface area is 335 Å². The Morgan fingerprint density at radius 1 is 0.474 bits per heavy atom. The number of hydrogen-bond acceptors (Lipinski definition) is 6. The van der Waals surface area contributed by atoms with E-state index < -0.39 is 0 Å². The minimum absolute atomic E-state index is 0.0592. The van der Waals surface area contributed by atoms with Crippen LogP contribution in [0.25, 0.3) is 107 Å². The zero-order valence-electron chi connectivity index (χ0n) is 30.5. The Bertz CT molecular complexity index is 3460. The normalized spacial score (nSPS) is 14.3. The Morgan fingerprint density at radius 2 is 1.14 bits per heavy atom. The first kappa shape index (κ1) is 32.5. The van der Waals surface area contributed by atoms with E-state index in [-0.39, 0.29) is 5.92 Å². The largest absolute Gasteiger partial charge is 0.455 e. The Kier molecular flexibility index (Phi) is 7.37. The van der Waals surface area contributed by atoms with Crippen LogP contribution in [0.3, 0.4) is 0 Å². The van der Waals surface area contributed by atoms with Gasteiger partial charge in [0.2, 0.25) is 0 Å². The average Bonchev–Trinajstić information content (AvgIpc) is 3.97. The maximum atomic E-state index is 6.96. The fraction of sp³-hybridized carbons (Fsp3) is 0.0392. The molecule has 0 fully saturated rings. The summed E-state index contributed by atoms with van der Waals surface area (Å²) in [6.45, 7) is 0. The molecule has 268 valence electrons. The molecule has 1 unspecified atom stereocenters. The third-order valence-corrected chi connectivity index (χ3v) is 13.5. The molecule has 0 spiro atoms. The predicted octanol–water partition coefficient (Wildman–Crippen LogP) is 14.8. The van der Waals surface area contributed by atoms with Crippen LogP contribution in [0.5, 0.6) is 0 Å². The van der Waals surface area contributed by atoms with Crippen LogP contribution in [-0.4, -0.2) is 15.0 Å². The van der Waals surface area contributed by atoms with Gasteiger partial charge in [-0.05, 0) is 77.7 Å². The standard InChI is InChI=1S/C51H31N3OS2/c1-3-12-30(13-4-1)49-52-50(31-14-5-2-6-15-31)54-51(53-49)37-18-11-19-42-47(37)41-29-34(32-22-24-45-39(26-32)35-16-7-9-20-43(35)56-45)28-38(48(41)55-42)33-23-25-46-40(27-33)36-17-8-10-21-44(36)57-46/h1-14,16-29,31H,15H2. The molecule has 0 saturated heterocycles. The van der Waals surface area contributed by atoms with E-state index in [1.54, 1.807) is 0 Å². The summed E-state index contributed by atoms with van der Waals surface area (Å²) >= 11 is 3.68. The van der Waals surface area contributed by atoms with Crippen molar-refractivity contribution in [2.75, 3.05) is 0 Å². The molecule has 1 aliphatic rings. The lowest BCUT2D eigenvalue weighted by Crippen LogP contribution is -2.07. The van der Waals surface area contributed by atoms with Gasteiger partial charge >= 0.3 is 0 Å². The van der Waals surface area contributed by atoms with E-state index in [2.05, 4.69) is 152 Å². The topological polar surface area (TPSA) is 51.8 Å². The lowest BCUT2D eigenvalue weighted by molar-refractivity contribution is 0.670. The highest BCUT2D eigenvalue weighted by Crippen LogP contribution is 2.45. The van der Waals surface area contributed by atoms with Crippen LogP contribution in [0.15, 0.2) is 174 Å². The fourth-order valence-corrected chi connectivity index (χ4v) is 10.6. The van der Waals surface area contributed by atoms with Crippen LogP contribution in [0.4, 0.5) is 0 Å². The third kappa shape index (κ3) is 5.36. The quantitative estimate of drug-likeness (QED) is 0.175. The monoisotopic (exact) mass is 765 g/mol. The molecule has 6 heteroatoms. The second-order valence-electron chi connectivity index (χ2n) is 14.7. The maximum absolute atomic E-state index is 6.96. The van der Waals surface area contributed by atoms with Gasteiger partial charge in [0.05, 0.1) is 0 Å². The molecule has 4 nitrogen and oxygen atoms in total. The van der Waals surface area contributed by atoms with Crippen molar-refractivity contribution in [2.24, 2.45) is 0 Å². The van der Waals surface area contributed by atoms with Gasteiger partial charge in [0.15, 0.2) is 11.6 Å². The van der Waals surface area contributed by atoms with Crippen molar-refractivity contribution in [3.8, 4) is 45.0 Å². The van der Waals surface area contributed by atoms with Crippen LogP contribution in [-0.2, 0) is 0 Å². The minimum atomic E-state index is 0.0592. The summed E-state index contributed by atoms with van der Waals surface area (Å²) in [7, 11) is 0. The van der Waals surface area contributed by atoms with E-state index in [0.29, 0.717) is 11.6 Å².